The minimum atomic E-state index is -0.126. The maximum absolute atomic E-state index is 12.8. The van der Waals surface area contributed by atoms with Gasteiger partial charge in [0.15, 0.2) is 5.76 Å². The van der Waals surface area contributed by atoms with Gasteiger partial charge in [-0.05, 0) is 56.9 Å². The van der Waals surface area contributed by atoms with Gasteiger partial charge in [0.1, 0.15) is 11.4 Å². The van der Waals surface area contributed by atoms with Crippen molar-refractivity contribution in [2.24, 2.45) is 0 Å². The molecule has 3 aromatic rings. The lowest BCUT2D eigenvalue weighted by molar-refractivity contribution is 0.142. The third kappa shape index (κ3) is 3.00. The van der Waals surface area contributed by atoms with Gasteiger partial charge in [0.25, 0.3) is 0 Å². The Morgan fingerprint density at radius 2 is 2.10 bits per heavy atom. The third-order valence-corrected chi connectivity index (χ3v) is 6.59. The summed E-state index contributed by atoms with van der Waals surface area (Å²) in [5.41, 5.74) is 4.97. The van der Waals surface area contributed by atoms with Crippen molar-refractivity contribution in [3.05, 3.63) is 45.9 Å². The number of carbonyl (C=O) groups excluding carboxylic acids is 1. The van der Waals surface area contributed by atoms with Gasteiger partial charge in [-0.25, -0.2) is 4.79 Å². The first-order valence-corrected chi connectivity index (χ1v) is 10.4. The number of fused-ring (bicyclic) bond motifs is 4. The normalized spacial score (nSPS) is 18.2. The van der Waals surface area contributed by atoms with Crippen LogP contribution in [-0.4, -0.2) is 40.7 Å². The first kappa shape index (κ1) is 18.5. The lowest BCUT2D eigenvalue weighted by Gasteiger charge is -2.44. The van der Waals surface area contributed by atoms with Crippen LogP contribution in [-0.2, 0) is 12.0 Å². The molecule has 29 heavy (non-hydrogen) atoms. The Labute approximate surface area is 173 Å². The smallest absolute Gasteiger partial charge is 0.321 e. The van der Waals surface area contributed by atoms with Crippen LogP contribution in [0.5, 0.6) is 0 Å². The lowest BCUT2D eigenvalue weighted by Crippen LogP contribution is -2.55. The molecule has 0 atom stereocenters. The monoisotopic (exact) mass is 413 g/mol. The first-order valence-electron chi connectivity index (χ1n) is 10.0. The Bertz CT molecular complexity index is 1070. The van der Waals surface area contributed by atoms with E-state index in [-0.39, 0.29) is 11.6 Å². The van der Waals surface area contributed by atoms with Gasteiger partial charge in [-0.3, -0.25) is 0 Å². The molecule has 0 bridgehead atoms. The van der Waals surface area contributed by atoms with Crippen LogP contribution in [0.1, 0.15) is 35.6 Å². The molecule has 2 aliphatic heterocycles. The van der Waals surface area contributed by atoms with Gasteiger partial charge in [0.05, 0.1) is 5.54 Å². The van der Waals surface area contributed by atoms with Crippen molar-refractivity contribution in [3.63, 3.8) is 0 Å². The largest absolute Gasteiger partial charge is 0.359 e. The van der Waals surface area contributed by atoms with Crippen LogP contribution in [0, 0.1) is 13.8 Å². The van der Waals surface area contributed by atoms with Crippen LogP contribution in [0.3, 0.4) is 0 Å². The number of urea groups is 1. The highest BCUT2D eigenvalue weighted by atomic mass is 35.5. The molecule has 1 spiro atoms. The topological polar surface area (TPSA) is 86.2 Å². The molecule has 8 heteroatoms. The molecular formula is C21H24ClN5O2. The van der Waals surface area contributed by atoms with Crippen LogP contribution in [0.15, 0.2) is 22.7 Å². The molecule has 1 saturated heterocycles. The van der Waals surface area contributed by atoms with Crippen molar-refractivity contribution in [1.29, 1.82) is 0 Å². The molecule has 0 radical (unpaired) electrons. The second-order valence-corrected chi connectivity index (χ2v) is 8.48. The number of carbonyl (C=O) groups is 1. The molecule has 0 aliphatic carbocycles. The van der Waals surface area contributed by atoms with Crippen LogP contribution in [0.2, 0.25) is 5.02 Å². The van der Waals surface area contributed by atoms with Gasteiger partial charge in [-0.15, -0.1) is 0 Å². The van der Waals surface area contributed by atoms with Gasteiger partial charge < -0.3 is 25.0 Å². The Morgan fingerprint density at radius 3 is 2.83 bits per heavy atom. The minimum absolute atomic E-state index is 0.103. The Hall–Kier alpha value is -2.51. The SMILES string of the molecule is Cc1noc(C)c1NC(=O)N1CCC2(CC1)NCCc1c2[nH]c2ccc(Cl)cc12. The zero-order valence-electron chi connectivity index (χ0n) is 16.6. The fourth-order valence-electron chi connectivity index (χ4n) is 4.77. The molecule has 3 N–H and O–H groups in total. The van der Waals surface area contributed by atoms with Gasteiger partial charge in [-0.1, -0.05) is 16.8 Å². The number of piperidine rings is 1. The van der Waals surface area contributed by atoms with Gasteiger partial charge in [0, 0.05) is 41.3 Å². The molecule has 2 aliphatic rings. The van der Waals surface area contributed by atoms with E-state index in [4.69, 9.17) is 16.1 Å². The molecule has 0 unspecified atom stereocenters. The Kier molecular flexibility index (Phi) is 4.33. The number of nitrogens with one attached hydrogen (secondary N) is 3. The van der Waals surface area contributed by atoms with E-state index in [9.17, 15) is 4.79 Å². The highest BCUT2D eigenvalue weighted by Crippen LogP contribution is 2.40. The van der Waals surface area contributed by atoms with E-state index in [1.165, 1.54) is 16.6 Å². The average molecular weight is 414 g/mol. The number of hydrogen-bond acceptors (Lipinski definition) is 4. The highest BCUT2D eigenvalue weighted by molar-refractivity contribution is 6.31. The second kappa shape index (κ2) is 6.78. The van der Waals surface area contributed by atoms with E-state index in [1.807, 2.05) is 17.9 Å². The fourth-order valence-corrected chi connectivity index (χ4v) is 4.94. The number of rotatable bonds is 1. The van der Waals surface area contributed by atoms with Gasteiger partial charge in [0.2, 0.25) is 0 Å². The summed E-state index contributed by atoms with van der Waals surface area (Å²) >= 11 is 6.24. The van der Waals surface area contributed by atoms with E-state index < -0.39 is 0 Å². The number of halogens is 1. The fraction of sp³-hybridized carbons (Fsp3) is 0.429. The van der Waals surface area contributed by atoms with Crippen molar-refractivity contribution in [2.75, 3.05) is 25.0 Å². The molecular weight excluding hydrogens is 390 g/mol. The van der Waals surface area contributed by atoms with E-state index >= 15 is 0 Å². The summed E-state index contributed by atoms with van der Waals surface area (Å²) in [6.45, 7) is 5.91. The molecule has 2 amide bonds. The third-order valence-electron chi connectivity index (χ3n) is 6.35. The number of amides is 2. The van der Waals surface area contributed by atoms with Gasteiger partial charge >= 0.3 is 6.03 Å². The zero-order chi connectivity index (χ0) is 20.2. The van der Waals surface area contributed by atoms with E-state index in [0.717, 1.165) is 36.3 Å². The van der Waals surface area contributed by atoms with E-state index in [0.29, 0.717) is 30.2 Å². The maximum Gasteiger partial charge on any atom is 0.321 e. The van der Waals surface area contributed by atoms with Gasteiger partial charge in [-0.2, -0.15) is 0 Å². The molecule has 5 rings (SSSR count). The standard InChI is InChI=1S/C21H24ClN5O2/c1-12-18(13(2)29-26-12)25-20(28)27-9-6-21(7-10-27)19-15(5-8-23-21)16-11-14(22)3-4-17(16)24-19/h3-4,11,23-24H,5-10H2,1-2H3,(H,25,28). The molecule has 0 saturated carbocycles. The number of likely N-dealkylation sites (tertiary alicyclic amines) is 1. The number of benzene rings is 1. The van der Waals surface area contributed by atoms with Crippen LogP contribution < -0.4 is 10.6 Å². The number of nitrogens with zero attached hydrogens (tertiary/aromatic N) is 2. The first-order chi connectivity index (χ1) is 14.0. The summed E-state index contributed by atoms with van der Waals surface area (Å²) < 4.78 is 5.14. The number of H-pyrrole nitrogens is 1. The summed E-state index contributed by atoms with van der Waals surface area (Å²) in [5, 5.41) is 12.6. The Morgan fingerprint density at radius 1 is 1.31 bits per heavy atom. The molecule has 4 heterocycles. The predicted molar refractivity (Wildman–Crippen MR) is 112 cm³/mol. The minimum Gasteiger partial charge on any atom is -0.359 e. The average Bonchev–Trinajstić information content (AvgIpc) is 3.24. The van der Waals surface area contributed by atoms with Crippen molar-refractivity contribution in [1.82, 2.24) is 20.4 Å². The van der Waals surface area contributed by atoms with Crippen molar-refractivity contribution >= 4 is 34.2 Å². The predicted octanol–water partition coefficient (Wildman–Crippen LogP) is 4.10. The maximum atomic E-state index is 12.8. The molecule has 7 nitrogen and oxygen atoms in total. The summed E-state index contributed by atoms with van der Waals surface area (Å²) in [5.74, 6) is 0.625. The quantitative estimate of drug-likeness (QED) is 0.560. The summed E-state index contributed by atoms with van der Waals surface area (Å²) in [7, 11) is 0. The van der Waals surface area contributed by atoms with Crippen LogP contribution in [0.4, 0.5) is 10.5 Å². The second-order valence-electron chi connectivity index (χ2n) is 8.04. The number of hydrogen-bond donors (Lipinski definition) is 3. The van der Waals surface area contributed by atoms with Crippen molar-refractivity contribution in [3.8, 4) is 0 Å². The molecule has 152 valence electrons. The van der Waals surface area contributed by atoms with E-state index in [2.05, 4.69) is 32.9 Å². The Balaban J connectivity index is 1.37. The summed E-state index contributed by atoms with van der Waals surface area (Å²) in [6.07, 6.45) is 2.69. The number of aromatic amines is 1. The van der Waals surface area contributed by atoms with E-state index in [1.54, 1.807) is 6.92 Å². The summed E-state index contributed by atoms with van der Waals surface area (Å²) in [6, 6.07) is 5.93. The highest BCUT2D eigenvalue weighted by Gasteiger charge is 2.42. The number of anilines is 1. The number of aromatic nitrogens is 2. The summed E-state index contributed by atoms with van der Waals surface area (Å²) in [4.78, 5) is 18.3. The van der Waals surface area contributed by atoms with Crippen molar-refractivity contribution < 1.29 is 9.32 Å². The molecule has 1 fully saturated rings. The lowest BCUT2D eigenvalue weighted by atomic mass is 9.79. The zero-order valence-corrected chi connectivity index (χ0v) is 17.3. The molecule has 1 aromatic carbocycles. The van der Waals surface area contributed by atoms with Crippen molar-refractivity contribution in [2.45, 2.75) is 38.6 Å². The molecule has 2 aromatic heterocycles. The number of aryl methyl sites for hydroxylation is 2. The van der Waals surface area contributed by atoms with Crippen LogP contribution in [0.25, 0.3) is 10.9 Å². The van der Waals surface area contributed by atoms with Crippen LogP contribution >= 0.6 is 11.6 Å².